The van der Waals surface area contributed by atoms with Gasteiger partial charge in [-0.1, -0.05) is 39.0 Å². The molecule has 1 unspecified atom stereocenters. The Morgan fingerprint density at radius 1 is 0.937 bits per heavy atom. The minimum Gasteiger partial charge on any atom is -0.477 e. The molecule has 6 rings (SSSR count). The van der Waals surface area contributed by atoms with Gasteiger partial charge in [0.25, 0.3) is 0 Å². The van der Waals surface area contributed by atoms with Crippen LogP contribution in [0.4, 0.5) is 4.79 Å². The smallest absolute Gasteiger partial charge is 0.477 e. The number of cyclic esters (lactones) is 1. The van der Waals surface area contributed by atoms with Crippen molar-refractivity contribution in [2.24, 2.45) is 17.8 Å². The topological polar surface area (TPSA) is 248 Å². The third-order valence-electron chi connectivity index (χ3n) is 16.4. The molecule has 1 aromatic carbocycles. The fourth-order valence-corrected chi connectivity index (χ4v) is 12.2. The van der Waals surface area contributed by atoms with Crippen LogP contribution in [-0.2, 0) is 61.7 Å². The van der Waals surface area contributed by atoms with E-state index in [4.69, 9.17) is 56.9 Å². The molecule has 0 saturated carbocycles. The summed E-state index contributed by atoms with van der Waals surface area (Å²) in [5.41, 5.74) is -3.97. The Morgan fingerprint density at radius 2 is 1.65 bits per heavy atom. The molecule has 0 bridgehead atoms. The predicted octanol–water partition coefficient (Wildman–Crippen LogP) is 5.48. The summed E-state index contributed by atoms with van der Waals surface area (Å²) in [4.78, 5) is 74.5. The number of aliphatic hydroxyl groups is 1. The second-order valence-corrected chi connectivity index (χ2v) is 22.9. The van der Waals surface area contributed by atoms with Crippen LogP contribution in [0.3, 0.4) is 0 Å². The van der Waals surface area contributed by atoms with Crippen molar-refractivity contribution in [1.82, 2.24) is 14.5 Å². The van der Waals surface area contributed by atoms with E-state index >= 15 is 0 Å². The van der Waals surface area contributed by atoms with Crippen molar-refractivity contribution < 1.29 is 86.3 Å². The molecule has 5 heterocycles. The first kappa shape index (κ1) is 63.4. The molecular formula is C57H87N3O19. The van der Waals surface area contributed by atoms with E-state index in [0.717, 1.165) is 6.20 Å². The van der Waals surface area contributed by atoms with Gasteiger partial charge in [-0.05, 0) is 112 Å². The number of carboxylic acid groups (broad SMARTS) is 1. The van der Waals surface area contributed by atoms with Crippen molar-refractivity contribution in [3.05, 3.63) is 51.8 Å². The highest BCUT2D eigenvalue weighted by Gasteiger charge is 2.58. The first-order valence-electron chi connectivity index (χ1n) is 27.5. The lowest BCUT2D eigenvalue weighted by Gasteiger charge is -2.49. The highest BCUT2D eigenvalue weighted by Crippen LogP contribution is 2.43. The summed E-state index contributed by atoms with van der Waals surface area (Å²) in [6.45, 7) is 20.7. The number of methoxy groups -OCH3 is 1. The number of esters is 2. The molecule has 0 aliphatic carbocycles. The maximum Gasteiger partial charge on any atom is 0.509 e. The van der Waals surface area contributed by atoms with E-state index in [9.17, 15) is 34.2 Å². The molecule has 18 atom stereocenters. The van der Waals surface area contributed by atoms with E-state index in [1.54, 1.807) is 58.2 Å². The number of aromatic nitrogens is 1. The first-order chi connectivity index (χ1) is 37.1. The van der Waals surface area contributed by atoms with Gasteiger partial charge >= 0.3 is 24.1 Å². The standard InChI is InChI=1S/C57H87N3O19/c1-17-43-57(11)49(78-54(66)79-57)35(6)59(14)29-31(2)27-55(9,67)48(77-53-47(74-37(8)61)42(58(12)13)25-32(3)72-53)33(4)46(34(5)52(65)75-43)76-44-28-56(10,68-15)50(36(7)73-44)71-24-23-70-22-18-19-38-20-21-41-39(26-38)45(62)40(51(63)64)30-60(41)69-16/h18-21,26,30-36,42-44,46-50,53,67H,17,22-25,27-29H2,1-16H3,(H,63,64)/b19-18+/t31-,32-,33+,34-,35-,36+,42+,43-,44+,46+,47-,48-,49?,50+,53+,55-,56-,57-/m1/s1. The van der Waals surface area contributed by atoms with Gasteiger partial charge in [0.05, 0.1) is 84.5 Å². The number of aromatic carboxylic acids is 1. The number of pyridine rings is 1. The molecule has 444 valence electrons. The zero-order valence-corrected chi connectivity index (χ0v) is 49.0. The normalized spacial score (nSPS) is 37.2. The summed E-state index contributed by atoms with van der Waals surface area (Å²) in [5, 5.41) is 22.7. The Hall–Kier alpha value is -4.75. The van der Waals surface area contributed by atoms with E-state index in [1.165, 1.54) is 18.8 Å². The molecule has 4 aliphatic heterocycles. The molecule has 22 heteroatoms. The van der Waals surface area contributed by atoms with Crippen molar-refractivity contribution in [2.75, 3.05) is 61.7 Å². The fraction of sp³-hybridized carbons (Fsp3) is 0.737. The van der Waals surface area contributed by atoms with Crippen molar-refractivity contribution in [3.8, 4) is 0 Å². The van der Waals surface area contributed by atoms with Crippen LogP contribution in [-0.4, -0.2) is 201 Å². The lowest BCUT2D eigenvalue weighted by Crippen LogP contribution is -2.61. The van der Waals surface area contributed by atoms with Gasteiger partial charge in [0.1, 0.15) is 24.9 Å². The second kappa shape index (κ2) is 26.4. The van der Waals surface area contributed by atoms with Crippen LogP contribution in [0.15, 0.2) is 35.3 Å². The molecule has 2 aromatic rings. The van der Waals surface area contributed by atoms with E-state index in [1.807, 2.05) is 79.4 Å². The van der Waals surface area contributed by atoms with Crippen LogP contribution < -0.4 is 10.3 Å². The zero-order valence-electron chi connectivity index (χ0n) is 49.0. The lowest BCUT2D eigenvalue weighted by molar-refractivity contribution is -0.321. The maximum absolute atomic E-state index is 14.9. The molecule has 2 N–H and O–H groups in total. The van der Waals surface area contributed by atoms with Crippen LogP contribution in [0.5, 0.6) is 0 Å². The van der Waals surface area contributed by atoms with Gasteiger partial charge < -0.3 is 72.1 Å². The van der Waals surface area contributed by atoms with Gasteiger partial charge in [0, 0.05) is 39.0 Å². The summed E-state index contributed by atoms with van der Waals surface area (Å²) in [6.07, 6.45) is -3.63. The Labute approximate surface area is 464 Å². The molecule has 0 spiro atoms. The summed E-state index contributed by atoms with van der Waals surface area (Å²) < 4.78 is 71.1. The average Bonchev–Trinajstić information content (AvgIpc) is 3.73. The van der Waals surface area contributed by atoms with Crippen molar-refractivity contribution >= 4 is 41.0 Å². The molecule has 4 aliphatic rings. The van der Waals surface area contributed by atoms with Crippen molar-refractivity contribution in [3.63, 3.8) is 0 Å². The summed E-state index contributed by atoms with van der Waals surface area (Å²) in [7, 11) is 8.64. The van der Waals surface area contributed by atoms with Crippen molar-refractivity contribution in [2.45, 2.75) is 192 Å². The Bertz CT molecular complexity index is 2520. The average molecular weight is 1120 g/mol. The number of carbonyl (C=O) groups is 4. The third-order valence-corrected chi connectivity index (χ3v) is 16.4. The number of hydrogen-bond donors (Lipinski definition) is 2. The molecule has 4 fully saturated rings. The maximum atomic E-state index is 14.9. The summed E-state index contributed by atoms with van der Waals surface area (Å²) in [5.74, 6) is -4.63. The molecule has 79 heavy (non-hydrogen) atoms. The fourth-order valence-electron chi connectivity index (χ4n) is 12.2. The molecule has 1 aromatic heterocycles. The number of fused-ring (bicyclic) bond motifs is 2. The summed E-state index contributed by atoms with van der Waals surface area (Å²) >= 11 is 0. The largest absolute Gasteiger partial charge is 0.509 e. The Balaban J connectivity index is 1.25. The van der Waals surface area contributed by atoms with Gasteiger partial charge in [-0.25, -0.2) is 9.59 Å². The molecule has 4 saturated heterocycles. The molecule has 0 radical (unpaired) electrons. The number of nitrogens with zero attached hydrogens (tertiary/aromatic N) is 3. The number of hydrogen-bond acceptors (Lipinski definition) is 20. The summed E-state index contributed by atoms with van der Waals surface area (Å²) in [6, 6.07) is 4.33. The van der Waals surface area contributed by atoms with Crippen LogP contribution in [0.25, 0.3) is 17.0 Å². The highest BCUT2D eigenvalue weighted by molar-refractivity contribution is 5.93. The van der Waals surface area contributed by atoms with E-state index < -0.39 is 125 Å². The van der Waals surface area contributed by atoms with E-state index in [2.05, 4.69) is 0 Å². The lowest BCUT2D eigenvalue weighted by atomic mass is 9.77. The molecule has 0 amide bonds. The number of ether oxygens (including phenoxy) is 11. The highest BCUT2D eigenvalue weighted by atomic mass is 16.8. The minimum atomic E-state index is -1.64. The minimum absolute atomic E-state index is 0.137. The Morgan fingerprint density at radius 3 is 2.28 bits per heavy atom. The van der Waals surface area contributed by atoms with Gasteiger partial charge in [0.15, 0.2) is 30.4 Å². The molecule has 22 nitrogen and oxygen atoms in total. The van der Waals surface area contributed by atoms with Gasteiger partial charge in [-0.15, -0.1) is 0 Å². The van der Waals surface area contributed by atoms with E-state index in [-0.39, 0.29) is 62.5 Å². The van der Waals surface area contributed by atoms with Crippen LogP contribution in [0.2, 0.25) is 0 Å². The van der Waals surface area contributed by atoms with Crippen LogP contribution in [0.1, 0.15) is 118 Å². The van der Waals surface area contributed by atoms with Gasteiger partial charge in [-0.3, -0.25) is 19.3 Å². The van der Waals surface area contributed by atoms with Crippen LogP contribution in [0, 0.1) is 17.8 Å². The monoisotopic (exact) mass is 1120 g/mol. The number of benzene rings is 1. The van der Waals surface area contributed by atoms with Crippen molar-refractivity contribution in [1.29, 1.82) is 0 Å². The predicted molar refractivity (Wildman–Crippen MR) is 288 cm³/mol. The number of carbonyl (C=O) groups excluding carboxylic acids is 3. The van der Waals surface area contributed by atoms with Crippen LogP contribution >= 0.6 is 0 Å². The third kappa shape index (κ3) is 14.5. The zero-order chi connectivity index (χ0) is 58.5. The van der Waals surface area contributed by atoms with Gasteiger partial charge in [0.2, 0.25) is 5.43 Å². The number of carboxylic acids is 1. The number of likely N-dealkylation sites (N-methyl/N-ethyl adjacent to an activating group) is 2. The van der Waals surface area contributed by atoms with Gasteiger partial charge in [-0.2, -0.15) is 4.73 Å². The Kier molecular flexibility index (Phi) is 21.2. The molecular weight excluding hydrogens is 1030 g/mol. The second-order valence-electron chi connectivity index (χ2n) is 22.9. The quantitative estimate of drug-likeness (QED) is 0.113. The van der Waals surface area contributed by atoms with E-state index in [0.29, 0.717) is 24.0 Å². The number of rotatable bonds is 17. The first-order valence-corrected chi connectivity index (χ1v) is 27.5. The SMILES string of the molecule is CC[C@H]1OC(=O)[C@H](C)[C@@H](O[C@H]2C[C@@](C)(OC)[C@@H](OCCOC/C=C/c3ccc4c(c3)c(=O)c(C(=O)O)cn4OC)[C@H](C)O2)[C@H](C)[C@@H](O[C@@H]2O[C@H](C)C[C@H](N(C)C)[C@H]2OC(C)=O)[C@](C)(O)C[C@@H](C)CN(C)[C@H](C)C2OC(=O)O[C@@]21C.